The van der Waals surface area contributed by atoms with Gasteiger partial charge in [0.2, 0.25) is 0 Å². The van der Waals surface area contributed by atoms with Gasteiger partial charge in [0.1, 0.15) is 0 Å². The molecule has 0 saturated heterocycles. The van der Waals surface area contributed by atoms with E-state index in [2.05, 4.69) is 25.5 Å². The molecule has 0 radical (unpaired) electrons. The van der Waals surface area contributed by atoms with E-state index in [0.29, 0.717) is 0 Å². The van der Waals surface area contributed by atoms with Gasteiger partial charge in [-0.15, -0.1) is 11.8 Å². The first-order valence-electron chi connectivity index (χ1n) is 4.07. The Morgan fingerprint density at radius 3 is 2.73 bits per heavy atom. The Balaban J connectivity index is 3.17. The molecule has 0 aromatic carbocycles. The Morgan fingerprint density at radius 2 is 2.18 bits per heavy atom. The van der Waals surface area contributed by atoms with Crippen molar-refractivity contribution in [1.82, 2.24) is 0 Å². The molecule has 0 atom stereocenters. The minimum absolute atomic E-state index is 0.872. The van der Waals surface area contributed by atoms with E-state index < -0.39 is 0 Å². The first-order valence-corrected chi connectivity index (χ1v) is 5.36. The van der Waals surface area contributed by atoms with Crippen molar-refractivity contribution < 1.29 is 4.74 Å². The van der Waals surface area contributed by atoms with E-state index in [1.165, 1.54) is 5.57 Å². The smallest absolute Gasteiger partial charge is 0.0503 e. The maximum absolute atomic E-state index is 5.35. The van der Waals surface area contributed by atoms with Crippen molar-refractivity contribution >= 4 is 11.8 Å². The summed E-state index contributed by atoms with van der Waals surface area (Å²) in [5, 5.41) is 2.18. The Hall–Kier alpha value is 0.0500. The fraction of sp³-hybridized carbons (Fsp3) is 0.778. The van der Waals surface area contributed by atoms with Gasteiger partial charge >= 0.3 is 0 Å². The van der Waals surface area contributed by atoms with E-state index in [0.717, 1.165) is 26.1 Å². The first-order chi connectivity index (χ1) is 5.31. The SMILES string of the molecule is CCCOCCC(C)=CSC. The highest BCUT2D eigenvalue weighted by Gasteiger charge is 1.89. The van der Waals surface area contributed by atoms with Crippen LogP contribution < -0.4 is 0 Å². The quantitative estimate of drug-likeness (QED) is 0.572. The van der Waals surface area contributed by atoms with Gasteiger partial charge in [-0.1, -0.05) is 12.5 Å². The summed E-state index contributed by atoms with van der Waals surface area (Å²) in [6.07, 6.45) is 4.27. The minimum Gasteiger partial charge on any atom is -0.381 e. The van der Waals surface area contributed by atoms with Crippen LogP contribution in [0.25, 0.3) is 0 Å². The number of thioether (sulfide) groups is 1. The van der Waals surface area contributed by atoms with Crippen molar-refractivity contribution in [3.8, 4) is 0 Å². The van der Waals surface area contributed by atoms with Gasteiger partial charge in [0.15, 0.2) is 0 Å². The predicted octanol–water partition coefficient (Wildman–Crippen LogP) is 3.07. The Morgan fingerprint density at radius 1 is 1.45 bits per heavy atom. The molecule has 0 aromatic heterocycles. The van der Waals surface area contributed by atoms with Crippen molar-refractivity contribution in [2.75, 3.05) is 19.5 Å². The van der Waals surface area contributed by atoms with Crippen LogP contribution in [0.3, 0.4) is 0 Å². The maximum Gasteiger partial charge on any atom is 0.0503 e. The van der Waals surface area contributed by atoms with E-state index in [9.17, 15) is 0 Å². The molecule has 0 saturated carbocycles. The molecular weight excluding hydrogens is 156 g/mol. The van der Waals surface area contributed by atoms with E-state index in [1.807, 2.05) is 0 Å². The molecule has 66 valence electrons. The molecule has 0 N–H and O–H groups in total. The molecular formula is C9H18OS. The molecule has 0 heterocycles. The lowest BCUT2D eigenvalue weighted by Crippen LogP contribution is -1.95. The average molecular weight is 174 g/mol. The summed E-state index contributed by atoms with van der Waals surface area (Å²) in [7, 11) is 0. The highest BCUT2D eigenvalue weighted by molar-refractivity contribution is 8.01. The van der Waals surface area contributed by atoms with E-state index >= 15 is 0 Å². The van der Waals surface area contributed by atoms with Crippen LogP contribution in [0.15, 0.2) is 11.0 Å². The fourth-order valence-corrected chi connectivity index (χ4v) is 1.26. The molecule has 0 fully saturated rings. The third-order valence-corrected chi connectivity index (χ3v) is 1.95. The molecule has 0 bridgehead atoms. The van der Waals surface area contributed by atoms with Gasteiger partial charge in [0.05, 0.1) is 6.61 Å². The molecule has 0 rings (SSSR count). The van der Waals surface area contributed by atoms with E-state index in [4.69, 9.17) is 4.74 Å². The van der Waals surface area contributed by atoms with Crippen molar-refractivity contribution in [2.45, 2.75) is 26.7 Å². The summed E-state index contributed by atoms with van der Waals surface area (Å²) in [5.41, 5.74) is 1.41. The Kier molecular flexibility index (Phi) is 8.19. The fourth-order valence-electron chi connectivity index (χ4n) is 0.740. The third kappa shape index (κ3) is 7.95. The van der Waals surface area contributed by atoms with Crippen LogP contribution in [0.1, 0.15) is 26.7 Å². The summed E-state index contributed by atoms with van der Waals surface area (Å²) in [6, 6.07) is 0. The van der Waals surface area contributed by atoms with Gasteiger partial charge in [0, 0.05) is 6.61 Å². The van der Waals surface area contributed by atoms with Crippen molar-refractivity contribution in [2.24, 2.45) is 0 Å². The third-order valence-electron chi connectivity index (χ3n) is 1.31. The summed E-state index contributed by atoms with van der Waals surface area (Å²) < 4.78 is 5.35. The van der Waals surface area contributed by atoms with Gasteiger partial charge in [-0.05, 0) is 31.4 Å². The summed E-state index contributed by atoms with van der Waals surface area (Å²) >= 11 is 1.76. The van der Waals surface area contributed by atoms with Gasteiger partial charge in [-0.25, -0.2) is 0 Å². The molecule has 0 unspecified atom stereocenters. The van der Waals surface area contributed by atoms with Gasteiger partial charge in [-0.3, -0.25) is 0 Å². The van der Waals surface area contributed by atoms with Crippen LogP contribution in [-0.4, -0.2) is 19.5 Å². The van der Waals surface area contributed by atoms with Gasteiger partial charge in [0.25, 0.3) is 0 Å². The lowest BCUT2D eigenvalue weighted by atomic mass is 10.3. The summed E-state index contributed by atoms with van der Waals surface area (Å²) in [4.78, 5) is 0. The molecule has 0 spiro atoms. The van der Waals surface area contributed by atoms with Crippen LogP contribution in [0.5, 0.6) is 0 Å². The molecule has 0 aliphatic carbocycles. The maximum atomic E-state index is 5.35. The highest BCUT2D eigenvalue weighted by atomic mass is 32.2. The zero-order valence-corrected chi connectivity index (χ0v) is 8.54. The topological polar surface area (TPSA) is 9.23 Å². The second-order valence-electron chi connectivity index (χ2n) is 2.56. The standard InChI is InChI=1S/C9H18OS/c1-4-6-10-7-5-9(2)8-11-3/h8H,4-7H2,1-3H3. The summed E-state index contributed by atoms with van der Waals surface area (Å²) in [6.45, 7) is 6.04. The van der Waals surface area contributed by atoms with Crippen LogP contribution in [0.4, 0.5) is 0 Å². The molecule has 0 aliphatic heterocycles. The van der Waals surface area contributed by atoms with Crippen molar-refractivity contribution in [3.63, 3.8) is 0 Å². The van der Waals surface area contributed by atoms with E-state index in [-0.39, 0.29) is 0 Å². The molecule has 0 amide bonds. The minimum atomic E-state index is 0.872. The van der Waals surface area contributed by atoms with Crippen LogP contribution in [0, 0.1) is 0 Å². The lowest BCUT2D eigenvalue weighted by Gasteiger charge is -2.01. The van der Waals surface area contributed by atoms with Crippen LogP contribution in [0.2, 0.25) is 0 Å². The summed E-state index contributed by atoms with van der Waals surface area (Å²) in [5.74, 6) is 0. The zero-order chi connectivity index (χ0) is 8.53. The zero-order valence-electron chi connectivity index (χ0n) is 7.72. The second kappa shape index (κ2) is 8.15. The predicted molar refractivity (Wildman–Crippen MR) is 53.0 cm³/mol. The first kappa shape index (κ1) is 11.1. The van der Waals surface area contributed by atoms with Gasteiger partial charge < -0.3 is 4.74 Å². The molecule has 0 aromatic rings. The molecule has 0 aliphatic rings. The lowest BCUT2D eigenvalue weighted by molar-refractivity contribution is 0.138. The second-order valence-corrected chi connectivity index (χ2v) is 3.27. The molecule has 2 heteroatoms. The number of rotatable bonds is 6. The number of ether oxygens (including phenoxy) is 1. The van der Waals surface area contributed by atoms with Crippen molar-refractivity contribution in [1.29, 1.82) is 0 Å². The highest BCUT2D eigenvalue weighted by Crippen LogP contribution is 2.06. The normalized spacial score (nSPS) is 12.1. The van der Waals surface area contributed by atoms with E-state index in [1.54, 1.807) is 11.8 Å². The Bertz CT molecular complexity index is 110. The monoisotopic (exact) mass is 174 g/mol. The van der Waals surface area contributed by atoms with Gasteiger partial charge in [-0.2, -0.15) is 0 Å². The molecule has 11 heavy (non-hydrogen) atoms. The van der Waals surface area contributed by atoms with Crippen molar-refractivity contribution in [3.05, 3.63) is 11.0 Å². The largest absolute Gasteiger partial charge is 0.381 e. The average Bonchev–Trinajstić information content (AvgIpc) is 1.99. The molecule has 1 nitrogen and oxygen atoms in total. The number of hydrogen-bond donors (Lipinski definition) is 0. The number of hydrogen-bond acceptors (Lipinski definition) is 2. The van der Waals surface area contributed by atoms with Crippen LogP contribution in [-0.2, 0) is 4.74 Å². The van der Waals surface area contributed by atoms with Crippen LogP contribution >= 0.6 is 11.8 Å². The Labute approximate surface area is 74.2 Å².